The van der Waals surface area contributed by atoms with Gasteiger partial charge in [0.2, 0.25) is 0 Å². The first-order chi connectivity index (χ1) is 13.2. The summed E-state index contributed by atoms with van der Waals surface area (Å²) in [6.45, 7) is 2.74. The fourth-order valence-corrected chi connectivity index (χ4v) is 3.88. The summed E-state index contributed by atoms with van der Waals surface area (Å²) < 4.78 is 36.8. The van der Waals surface area contributed by atoms with E-state index in [0.717, 1.165) is 17.0 Å². The van der Waals surface area contributed by atoms with Gasteiger partial charge in [0.15, 0.2) is 5.13 Å². The van der Waals surface area contributed by atoms with Crippen molar-refractivity contribution in [2.75, 3.05) is 24.5 Å². The van der Waals surface area contributed by atoms with Crippen molar-refractivity contribution in [2.45, 2.75) is 32.5 Å². The van der Waals surface area contributed by atoms with E-state index in [1.54, 1.807) is 13.1 Å². The number of rotatable bonds is 7. The Morgan fingerprint density at radius 1 is 1.39 bits per heavy atom. The van der Waals surface area contributed by atoms with Crippen LogP contribution in [0.15, 0.2) is 18.3 Å². The molecular formula is C17H20F3N5O2S. The van der Waals surface area contributed by atoms with Gasteiger partial charge < -0.3 is 15.2 Å². The van der Waals surface area contributed by atoms with Crippen LogP contribution in [0, 0.1) is 6.92 Å². The minimum Gasteiger partial charge on any atom is -0.364 e. The van der Waals surface area contributed by atoms with Crippen LogP contribution in [0.3, 0.4) is 0 Å². The van der Waals surface area contributed by atoms with Crippen LogP contribution in [0.25, 0.3) is 0 Å². The first kappa shape index (κ1) is 20.2. The lowest BCUT2D eigenvalue weighted by Gasteiger charge is -2.17. The van der Waals surface area contributed by atoms with Crippen LogP contribution in [0.2, 0.25) is 0 Å². The van der Waals surface area contributed by atoms with Crippen molar-refractivity contribution in [3.05, 3.63) is 34.6 Å². The highest BCUT2D eigenvalue weighted by Crippen LogP contribution is 2.29. The smallest absolute Gasteiger partial charge is 0.364 e. The maximum Gasteiger partial charge on any atom is 0.389 e. The highest BCUT2D eigenvalue weighted by Gasteiger charge is 2.33. The minimum absolute atomic E-state index is 0.0443. The molecule has 0 aliphatic carbocycles. The molecular weight excluding hydrogens is 395 g/mol. The third-order valence-corrected chi connectivity index (χ3v) is 5.49. The summed E-state index contributed by atoms with van der Waals surface area (Å²) in [5.41, 5.74) is 1.37. The number of aromatic amines is 1. The Morgan fingerprint density at radius 2 is 2.18 bits per heavy atom. The van der Waals surface area contributed by atoms with Crippen molar-refractivity contribution in [2.24, 2.45) is 0 Å². The Morgan fingerprint density at radius 3 is 2.86 bits per heavy atom. The number of aromatic nitrogens is 2. The van der Waals surface area contributed by atoms with Gasteiger partial charge in [-0.1, -0.05) is 11.3 Å². The van der Waals surface area contributed by atoms with Gasteiger partial charge in [-0.15, -0.1) is 0 Å². The number of alkyl halides is 3. The Bertz CT molecular complexity index is 834. The number of nitrogens with one attached hydrogen (secondary N) is 2. The number of aryl methyl sites for hydroxylation is 1. The highest BCUT2D eigenvalue weighted by atomic mass is 32.1. The topological polar surface area (TPSA) is 81.3 Å². The van der Waals surface area contributed by atoms with Crippen LogP contribution >= 0.6 is 11.3 Å². The molecule has 0 saturated carbocycles. The second-order valence-corrected chi connectivity index (χ2v) is 7.41. The van der Waals surface area contributed by atoms with Crippen LogP contribution in [0.1, 0.15) is 33.9 Å². The summed E-state index contributed by atoms with van der Waals surface area (Å²) in [5.74, 6) is -0.287. The molecule has 1 fully saturated rings. The van der Waals surface area contributed by atoms with Gasteiger partial charge in [-0.05, 0) is 25.5 Å². The molecule has 0 radical (unpaired) electrons. The van der Waals surface area contributed by atoms with Crippen molar-refractivity contribution >= 4 is 28.4 Å². The summed E-state index contributed by atoms with van der Waals surface area (Å²) in [4.78, 5) is 35.4. The van der Waals surface area contributed by atoms with Crippen LogP contribution in [-0.4, -0.2) is 52.6 Å². The monoisotopic (exact) mass is 415 g/mol. The van der Waals surface area contributed by atoms with E-state index in [1.165, 1.54) is 9.80 Å². The fourth-order valence-electron chi connectivity index (χ4n) is 2.88. The van der Waals surface area contributed by atoms with Crippen molar-refractivity contribution in [3.63, 3.8) is 0 Å². The molecule has 0 spiro atoms. The first-order valence-corrected chi connectivity index (χ1v) is 9.57. The zero-order valence-electron chi connectivity index (χ0n) is 15.2. The number of carbonyl (C=O) groups excluding carboxylic acids is 2. The molecule has 2 N–H and O–H groups in total. The maximum absolute atomic E-state index is 12.5. The Labute approximate surface area is 163 Å². The van der Waals surface area contributed by atoms with E-state index in [4.69, 9.17) is 0 Å². The standard InChI is InChI=1S/C17H20F3N5O2S/c1-11-13(14(26)22-10-12-4-2-6-21-12)28-15(23-11)25-9-8-24(16(25)27)7-3-5-17(18,19)20/h2,4,6,21H,3,5,7-10H2,1H3,(H,22,26). The van der Waals surface area contributed by atoms with Gasteiger partial charge in [-0.3, -0.25) is 9.69 Å². The molecule has 3 heterocycles. The van der Waals surface area contributed by atoms with Crippen LogP contribution in [-0.2, 0) is 6.54 Å². The van der Waals surface area contributed by atoms with E-state index in [-0.39, 0.29) is 24.9 Å². The predicted octanol–water partition coefficient (Wildman–Crippen LogP) is 3.29. The molecule has 11 heteroatoms. The van der Waals surface area contributed by atoms with Gasteiger partial charge >= 0.3 is 12.2 Å². The third-order valence-electron chi connectivity index (χ3n) is 4.31. The molecule has 1 aliphatic rings. The number of amides is 3. The lowest BCUT2D eigenvalue weighted by atomic mass is 10.3. The number of hydrogen-bond donors (Lipinski definition) is 2. The first-order valence-electron chi connectivity index (χ1n) is 8.75. The van der Waals surface area contributed by atoms with E-state index >= 15 is 0 Å². The van der Waals surface area contributed by atoms with Gasteiger partial charge in [0.05, 0.1) is 12.2 Å². The summed E-state index contributed by atoms with van der Waals surface area (Å²) in [6.07, 6.45) is -3.51. The Balaban J connectivity index is 1.59. The number of nitrogens with zero attached hydrogens (tertiary/aromatic N) is 3. The zero-order valence-corrected chi connectivity index (χ0v) is 16.0. The molecule has 3 amide bonds. The van der Waals surface area contributed by atoms with E-state index in [0.29, 0.717) is 35.3 Å². The molecule has 0 atom stereocenters. The number of carbonyl (C=O) groups is 2. The van der Waals surface area contributed by atoms with E-state index in [1.807, 2.05) is 12.1 Å². The molecule has 0 bridgehead atoms. The van der Waals surface area contributed by atoms with Gasteiger partial charge in [0.1, 0.15) is 4.88 Å². The number of urea groups is 1. The van der Waals surface area contributed by atoms with Crippen LogP contribution in [0.5, 0.6) is 0 Å². The molecule has 1 saturated heterocycles. The quantitative estimate of drug-likeness (QED) is 0.728. The molecule has 1 aliphatic heterocycles. The average molecular weight is 415 g/mol. The normalized spacial score (nSPS) is 14.8. The second kappa shape index (κ2) is 8.21. The summed E-state index contributed by atoms with van der Waals surface area (Å²) in [5, 5.41) is 3.17. The van der Waals surface area contributed by atoms with Crippen LogP contribution in [0.4, 0.5) is 23.1 Å². The Hall–Kier alpha value is -2.56. The van der Waals surface area contributed by atoms with Crippen molar-refractivity contribution in [3.8, 4) is 0 Å². The van der Waals surface area contributed by atoms with Crippen molar-refractivity contribution < 1.29 is 22.8 Å². The van der Waals surface area contributed by atoms with Crippen molar-refractivity contribution in [1.82, 2.24) is 20.2 Å². The van der Waals surface area contributed by atoms with E-state index in [9.17, 15) is 22.8 Å². The lowest BCUT2D eigenvalue weighted by molar-refractivity contribution is -0.135. The SMILES string of the molecule is Cc1nc(N2CCN(CCCC(F)(F)F)C2=O)sc1C(=O)NCc1ccc[nH]1. The number of thiazole rings is 1. The van der Waals surface area contributed by atoms with Gasteiger partial charge in [0.25, 0.3) is 5.91 Å². The minimum atomic E-state index is -4.22. The van der Waals surface area contributed by atoms with Gasteiger partial charge in [-0.25, -0.2) is 9.78 Å². The summed E-state index contributed by atoms with van der Waals surface area (Å²) in [6, 6.07) is 3.30. The second-order valence-electron chi connectivity index (χ2n) is 6.43. The van der Waals surface area contributed by atoms with Gasteiger partial charge in [0, 0.05) is 37.9 Å². The number of hydrogen-bond acceptors (Lipinski definition) is 4. The fraction of sp³-hybridized carbons (Fsp3) is 0.471. The third kappa shape index (κ3) is 4.83. The molecule has 2 aromatic heterocycles. The molecule has 3 rings (SSSR count). The number of halogens is 3. The van der Waals surface area contributed by atoms with E-state index < -0.39 is 12.6 Å². The predicted molar refractivity (Wildman–Crippen MR) is 98.4 cm³/mol. The summed E-state index contributed by atoms with van der Waals surface area (Å²) >= 11 is 1.10. The average Bonchev–Trinajstić information content (AvgIpc) is 3.33. The molecule has 28 heavy (non-hydrogen) atoms. The number of H-pyrrole nitrogens is 1. The highest BCUT2D eigenvalue weighted by molar-refractivity contribution is 7.17. The lowest BCUT2D eigenvalue weighted by Crippen LogP contribution is -2.32. The molecule has 0 aromatic carbocycles. The maximum atomic E-state index is 12.5. The largest absolute Gasteiger partial charge is 0.389 e. The molecule has 152 valence electrons. The summed E-state index contributed by atoms with van der Waals surface area (Å²) in [7, 11) is 0. The molecule has 7 nitrogen and oxygen atoms in total. The molecule has 2 aromatic rings. The van der Waals surface area contributed by atoms with Crippen LogP contribution < -0.4 is 10.2 Å². The van der Waals surface area contributed by atoms with E-state index in [2.05, 4.69) is 15.3 Å². The van der Waals surface area contributed by atoms with Crippen molar-refractivity contribution in [1.29, 1.82) is 0 Å². The zero-order chi connectivity index (χ0) is 20.3. The number of anilines is 1. The van der Waals surface area contributed by atoms with Gasteiger partial charge in [-0.2, -0.15) is 13.2 Å². The molecule has 0 unspecified atom stereocenters. The Kier molecular flexibility index (Phi) is 5.92.